The summed E-state index contributed by atoms with van der Waals surface area (Å²) in [5.74, 6) is -0.935. The van der Waals surface area contributed by atoms with Gasteiger partial charge in [-0.1, -0.05) is 19.4 Å². The second kappa shape index (κ2) is 16.2. The monoisotopic (exact) mass is 674 g/mol. The molecule has 1 aliphatic rings. The number of pyridine rings is 1. The molecule has 14 heteroatoms. The topological polar surface area (TPSA) is 199 Å². The summed E-state index contributed by atoms with van der Waals surface area (Å²) in [7, 11) is 0. The molecule has 2 aromatic carbocycles. The Bertz CT molecular complexity index is 1840. The van der Waals surface area contributed by atoms with Gasteiger partial charge in [0.05, 0.1) is 24.0 Å². The minimum Gasteiger partial charge on any atom is -0.508 e. The number of hydrogen-bond donors (Lipinski definition) is 4. The zero-order valence-corrected chi connectivity index (χ0v) is 27.6. The Kier molecular flexibility index (Phi) is 11.6. The third kappa shape index (κ3) is 8.82. The molecule has 1 saturated heterocycles. The molecule has 0 bridgehead atoms. The van der Waals surface area contributed by atoms with E-state index < -0.39 is 17.8 Å². The molecule has 14 nitrogen and oxygen atoms in total. The Hall–Kier alpha value is -5.24. The van der Waals surface area contributed by atoms with Crippen LogP contribution in [0.5, 0.6) is 11.5 Å². The highest BCUT2D eigenvalue weighted by atomic mass is 16.7. The molecule has 0 unspecified atom stereocenters. The lowest BCUT2D eigenvalue weighted by Crippen LogP contribution is -2.32. The highest BCUT2D eigenvalue weighted by molar-refractivity contribution is 6.07. The zero-order chi connectivity index (χ0) is 34.9. The summed E-state index contributed by atoms with van der Waals surface area (Å²) in [5, 5.41) is 24.7. The molecular weight excluding hydrogens is 632 g/mol. The number of aryl methyl sites for hydroxylation is 2. The van der Waals surface area contributed by atoms with Crippen molar-refractivity contribution in [2.75, 3.05) is 25.5 Å². The maximum atomic E-state index is 12.0. The number of hydroxylamine groups is 2. The molecule has 3 amide bonds. The van der Waals surface area contributed by atoms with Crippen LogP contribution < -0.4 is 11.1 Å². The normalized spacial score (nSPS) is 13.1. The fourth-order valence-electron chi connectivity index (χ4n) is 5.72. The lowest BCUT2D eigenvalue weighted by Gasteiger charge is -2.13. The first-order chi connectivity index (χ1) is 23.6. The van der Waals surface area contributed by atoms with Crippen LogP contribution in [-0.2, 0) is 48.1 Å². The van der Waals surface area contributed by atoms with E-state index in [4.69, 9.17) is 20.3 Å². The van der Waals surface area contributed by atoms with E-state index in [1.807, 2.05) is 12.1 Å². The van der Waals surface area contributed by atoms with Crippen LogP contribution in [0, 0.1) is 0 Å². The van der Waals surface area contributed by atoms with E-state index >= 15 is 0 Å². The third-order valence-corrected chi connectivity index (χ3v) is 8.29. The number of ether oxygens (including phenoxy) is 1. The molecule has 5 N–H and O–H groups in total. The molecule has 1 fully saturated rings. The van der Waals surface area contributed by atoms with E-state index in [0.717, 1.165) is 59.9 Å². The molecule has 1 aliphatic heterocycles. The summed E-state index contributed by atoms with van der Waals surface area (Å²) in [4.78, 5) is 61.2. The van der Waals surface area contributed by atoms with E-state index in [9.17, 15) is 29.4 Å². The van der Waals surface area contributed by atoms with Crippen LogP contribution in [0.15, 0.2) is 36.4 Å². The Morgan fingerprint density at radius 3 is 2.51 bits per heavy atom. The van der Waals surface area contributed by atoms with E-state index in [-0.39, 0.29) is 43.1 Å². The number of aromatic nitrogens is 3. The van der Waals surface area contributed by atoms with Crippen LogP contribution in [0.3, 0.4) is 0 Å². The van der Waals surface area contributed by atoms with Crippen LogP contribution in [0.25, 0.3) is 21.9 Å². The number of aromatic hydroxyl groups is 2. The number of carbonyl (C=O) groups is 4. The molecule has 0 saturated carbocycles. The number of nitrogens with zero attached hydrogens (tertiary/aromatic N) is 4. The van der Waals surface area contributed by atoms with Crippen molar-refractivity contribution in [1.82, 2.24) is 24.9 Å². The van der Waals surface area contributed by atoms with Gasteiger partial charge in [-0.05, 0) is 61.6 Å². The van der Waals surface area contributed by atoms with Gasteiger partial charge in [0.25, 0.3) is 11.8 Å². The van der Waals surface area contributed by atoms with Crippen molar-refractivity contribution in [3.05, 3.63) is 53.3 Å². The first-order valence-corrected chi connectivity index (χ1v) is 16.6. The number of hydrogen-bond acceptors (Lipinski definition) is 11. The van der Waals surface area contributed by atoms with Gasteiger partial charge in [0.15, 0.2) is 5.82 Å². The Morgan fingerprint density at radius 1 is 0.959 bits per heavy atom. The number of rotatable bonds is 17. The van der Waals surface area contributed by atoms with Crippen molar-refractivity contribution in [3.63, 3.8) is 0 Å². The fraction of sp³-hybridized carbons (Fsp3) is 0.429. The van der Waals surface area contributed by atoms with Gasteiger partial charge in [-0.25, -0.2) is 14.8 Å². The molecule has 49 heavy (non-hydrogen) atoms. The summed E-state index contributed by atoms with van der Waals surface area (Å²) < 4.78 is 7.83. The molecule has 2 aromatic heterocycles. The van der Waals surface area contributed by atoms with E-state index in [0.29, 0.717) is 54.7 Å². The summed E-state index contributed by atoms with van der Waals surface area (Å²) in [6.45, 7) is 3.77. The van der Waals surface area contributed by atoms with Crippen LogP contribution in [0.2, 0.25) is 0 Å². The molecule has 3 heterocycles. The first-order valence-electron chi connectivity index (χ1n) is 16.6. The Balaban J connectivity index is 1.12. The van der Waals surface area contributed by atoms with Crippen LogP contribution in [0.1, 0.15) is 75.2 Å². The van der Waals surface area contributed by atoms with Gasteiger partial charge in [-0.3, -0.25) is 14.4 Å². The maximum Gasteiger partial charge on any atom is 0.333 e. The number of benzene rings is 2. The van der Waals surface area contributed by atoms with Gasteiger partial charge in [0, 0.05) is 56.4 Å². The summed E-state index contributed by atoms with van der Waals surface area (Å²) in [6.07, 6.45) is 4.43. The number of phenolic OH excluding ortho intramolecular Hbond substituents is 2. The molecule has 260 valence electrons. The van der Waals surface area contributed by atoms with E-state index in [1.54, 1.807) is 6.07 Å². The van der Waals surface area contributed by atoms with Crippen LogP contribution in [0.4, 0.5) is 5.82 Å². The molecule has 0 radical (unpaired) electrons. The second-order valence-electron chi connectivity index (χ2n) is 12.0. The predicted molar refractivity (Wildman–Crippen MR) is 180 cm³/mol. The van der Waals surface area contributed by atoms with Crippen molar-refractivity contribution in [2.24, 2.45) is 0 Å². The number of nitrogens with two attached hydrogens (primary N) is 1. The molecule has 5 rings (SSSR count). The number of amides is 3. The Morgan fingerprint density at radius 2 is 1.73 bits per heavy atom. The quantitative estimate of drug-likeness (QED) is 0.0721. The number of unbranched alkanes of at least 4 members (excludes halogenated alkanes) is 1. The standard InChI is InChI=1S/C35H42N6O8/c1-2-3-7-28-39-33-34(40(28)21-23-20-24(42)9-11-27(23)43)25-19-22(8-10-26(25)38-35(33)36)6-4-17-48-18-5-16-37-29(44)12-15-32(47)49-41-30(45)13-14-31(41)46/h8-11,19-20,42-43H,2-7,12-18,21H2,1H3,(H2,36,38)(H,37,44). The average molecular weight is 675 g/mol. The lowest BCUT2D eigenvalue weighted by atomic mass is 10.1. The van der Waals surface area contributed by atoms with Crippen LogP contribution in [-0.4, -0.2) is 73.3 Å². The van der Waals surface area contributed by atoms with Gasteiger partial charge < -0.3 is 35.4 Å². The molecule has 0 aliphatic carbocycles. The number of imide groups is 1. The third-order valence-electron chi connectivity index (χ3n) is 8.29. The fourth-order valence-corrected chi connectivity index (χ4v) is 5.72. The SMILES string of the molecule is CCCCc1nc2c(N)nc3ccc(CCCOCCCNC(=O)CCC(=O)ON4C(=O)CCC4=O)cc3c2n1Cc1cc(O)ccc1O. The number of anilines is 1. The second-order valence-corrected chi connectivity index (χ2v) is 12.0. The molecule has 0 spiro atoms. The first kappa shape index (κ1) is 35.1. The van der Waals surface area contributed by atoms with Crippen molar-refractivity contribution in [1.29, 1.82) is 0 Å². The molecular formula is C35H42N6O8. The van der Waals surface area contributed by atoms with Crippen molar-refractivity contribution < 1.29 is 39.0 Å². The predicted octanol–water partition coefficient (Wildman–Crippen LogP) is 3.81. The minimum absolute atomic E-state index is 0.0126. The van der Waals surface area contributed by atoms with Crippen molar-refractivity contribution in [2.45, 2.75) is 77.7 Å². The number of nitrogen functional groups attached to an aromatic ring is 1. The van der Waals surface area contributed by atoms with E-state index in [2.05, 4.69) is 27.9 Å². The lowest BCUT2D eigenvalue weighted by molar-refractivity contribution is -0.197. The number of phenols is 2. The smallest absolute Gasteiger partial charge is 0.333 e. The minimum atomic E-state index is -0.811. The number of nitrogens with one attached hydrogen (secondary N) is 1. The van der Waals surface area contributed by atoms with Gasteiger partial charge in [-0.2, -0.15) is 0 Å². The molecule has 4 aromatic rings. The van der Waals surface area contributed by atoms with Gasteiger partial charge in [-0.15, -0.1) is 5.06 Å². The highest BCUT2D eigenvalue weighted by Crippen LogP contribution is 2.32. The number of carbonyl (C=O) groups excluding carboxylic acids is 4. The number of imidazole rings is 1. The summed E-state index contributed by atoms with van der Waals surface area (Å²) in [6, 6.07) is 10.6. The maximum absolute atomic E-state index is 12.0. The van der Waals surface area contributed by atoms with Crippen molar-refractivity contribution >= 4 is 51.4 Å². The largest absolute Gasteiger partial charge is 0.508 e. The van der Waals surface area contributed by atoms with Gasteiger partial charge >= 0.3 is 5.97 Å². The van der Waals surface area contributed by atoms with E-state index in [1.165, 1.54) is 12.1 Å². The highest BCUT2D eigenvalue weighted by Gasteiger charge is 2.32. The zero-order valence-electron chi connectivity index (χ0n) is 27.6. The summed E-state index contributed by atoms with van der Waals surface area (Å²) in [5.41, 5.74) is 10.2. The summed E-state index contributed by atoms with van der Waals surface area (Å²) >= 11 is 0. The average Bonchev–Trinajstić information content (AvgIpc) is 3.61. The van der Waals surface area contributed by atoms with Crippen LogP contribution >= 0.6 is 0 Å². The molecule has 0 atom stereocenters. The number of fused-ring (bicyclic) bond motifs is 3. The van der Waals surface area contributed by atoms with Gasteiger partial charge in [0.1, 0.15) is 22.8 Å². The van der Waals surface area contributed by atoms with Gasteiger partial charge in [0.2, 0.25) is 5.91 Å². The van der Waals surface area contributed by atoms with Crippen molar-refractivity contribution in [3.8, 4) is 11.5 Å². The Labute approximate surface area is 283 Å².